The molecule has 2 N–H and O–H groups in total. The zero-order chi connectivity index (χ0) is 25.9. The first kappa shape index (κ1) is 26.5. The molecule has 0 bridgehead atoms. The van der Waals surface area contributed by atoms with Crippen LogP contribution in [-0.2, 0) is 19.4 Å². The van der Waals surface area contributed by atoms with E-state index in [4.69, 9.17) is 0 Å². The fourth-order valence-electron chi connectivity index (χ4n) is 8.43. The molecule has 37 heavy (non-hydrogen) atoms. The van der Waals surface area contributed by atoms with Crippen LogP contribution in [-0.4, -0.2) is 11.7 Å². The topological polar surface area (TPSA) is 32.3 Å². The highest BCUT2D eigenvalue weighted by molar-refractivity contribution is 5.39. The number of allylic oxidation sites excluding steroid dienone is 2. The Kier molecular flexibility index (Phi) is 8.15. The van der Waals surface area contributed by atoms with E-state index in [1.54, 1.807) is 0 Å². The van der Waals surface area contributed by atoms with Crippen molar-refractivity contribution in [3.63, 3.8) is 0 Å². The second-order valence-electron chi connectivity index (χ2n) is 13.3. The van der Waals surface area contributed by atoms with Crippen molar-refractivity contribution in [2.24, 2.45) is 28.6 Å². The molecule has 0 heterocycles. The van der Waals surface area contributed by atoms with Gasteiger partial charge in [0, 0.05) is 6.54 Å². The van der Waals surface area contributed by atoms with E-state index in [0.29, 0.717) is 16.6 Å². The lowest BCUT2D eigenvalue weighted by atomic mass is 9.55. The lowest BCUT2D eigenvalue weighted by Gasteiger charge is -2.50. The highest BCUT2D eigenvalue weighted by atomic mass is 16.3. The average Bonchev–Trinajstić information content (AvgIpc) is 3.29. The molecule has 2 aromatic rings. The van der Waals surface area contributed by atoms with Crippen molar-refractivity contribution in [1.29, 1.82) is 0 Å². The molecule has 0 aromatic heterocycles. The van der Waals surface area contributed by atoms with Gasteiger partial charge in [0.15, 0.2) is 0 Å². The second kappa shape index (κ2) is 11.4. The van der Waals surface area contributed by atoms with Crippen LogP contribution in [0.4, 0.5) is 0 Å². The zero-order valence-corrected chi connectivity index (χ0v) is 23.6. The summed E-state index contributed by atoms with van der Waals surface area (Å²) in [6.45, 7) is 9.03. The molecule has 0 saturated heterocycles. The van der Waals surface area contributed by atoms with Crippen LogP contribution in [0.2, 0.25) is 0 Å². The number of hydrogen-bond donors (Lipinski definition) is 2. The number of phenolic OH excluding ortho intramolecular Hbond substituents is 1. The molecule has 0 aliphatic heterocycles. The van der Waals surface area contributed by atoms with E-state index in [0.717, 1.165) is 43.7 Å². The summed E-state index contributed by atoms with van der Waals surface area (Å²) >= 11 is 0. The summed E-state index contributed by atoms with van der Waals surface area (Å²) < 4.78 is 0. The van der Waals surface area contributed by atoms with Crippen LogP contribution in [0.3, 0.4) is 0 Å². The number of nitrogens with one attached hydrogen (secondary N) is 1. The van der Waals surface area contributed by atoms with Gasteiger partial charge in [0.05, 0.1) is 0 Å². The van der Waals surface area contributed by atoms with Crippen molar-refractivity contribution >= 4 is 0 Å². The Hall–Kier alpha value is -2.06. The Morgan fingerprint density at radius 2 is 1.73 bits per heavy atom. The van der Waals surface area contributed by atoms with Crippen molar-refractivity contribution in [1.82, 2.24) is 5.32 Å². The third-order valence-electron chi connectivity index (χ3n) is 10.1. The molecule has 2 aromatic carbocycles. The number of hydrogen-bond acceptors (Lipinski definition) is 2. The van der Waals surface area contributed by atoms with E-state index in [1.807, 2.05) is 12.1 Å². The molecule has 2 nitrogen and oxygen atoms in total. The molecule has 0 amide bonds. The highest BCUT2D eigenvalue weighted by Gasteiger charge is 2.47. The van der Waals surface area contributed by atoms with Crippen molar-refractivity contribution in [2.45, 2.75) is 97.9 Å². The Labute approximate surface area is 226 Å². The standard InChI is InChI=1S/C35H49NO/c1-4-36-25-31-12-6-5-11-30(31)18-28-16-27(20-33(37)21-28)17-29-19-32(24-35(23-29)14-7-8-15-35)34(3)13-9-10-26(2)22-34/h5-6,9,11-13,16,20-21,26,29,32,36-37H,4,7-8,10,14-15,17-19,22-25H2,1-3H3. The molecular formula is C35H49NO. The maximum absolute atomic E-state index is 10.7. The summed E-state index contributed by atoms with van der Waals surface area (Å²) in [5, 5.41) is 14.2. The molecule has 200 valence electrons. The monoisotopic (exact) mass is 499 g/mol. The largest absolute Gasteiger partial charge is 0.508 e. The summed E-state index contributed by atoms with van der Waals surface area (Å²) in [7, 11) is 0. The summed E-state index contributed by atoms with van der Waals surface area (Å²) in [6.07, 6.45) is 19.5. The molecule has 4 unspecified atom stereocenters. The van der Waals surface area contributed by atoms with Crippen LogP contribution < -0.4 is 5.32 Å². The number of aromatic hydroxyl groups is 1. The maximum atomic E-state index is 10.7. The number of phenols is 1. The first-order valence-corrected chi connectivity index (χ1v) is 15.1. The zero-order valence-electron chi connectivity index (χ0n) is 23.6. The molecule has 1 spiro atoms. The predicted molar refractivity (Wildman–Crippen MR) is 156 cm³/mol. The molecule has 2 heteroatoms. The molecule has 5 rings (SSSR count). The smallest absolute Gasteiger partial charge is 0.116 e. The first-order valence-electron chi connectivity index (χ1n) is 15.1. The van der Waals surface area contributed by atoms with E-state index in [2.05, 4.69) is 68.6 Å². The maximum Gasteiger partial charge on any atom is 0.116 e. The van der Waals surface area contributed by atoms with Gasteiger partial charge < -0.3 is 10.4 Å². The minimum atomic E-state index is 0.353. The molecule has 4 atom stereocenters. The summed E-state index contributed by atoms with van der Waals surface area (Å²) in [5.41, 5.74) is 6.19. The Morgan fingerprint density at radius 3 is 2.49 bits per heavy atom. The number of rotatable bonds is 8. The quantitative estimate of drug-likeness (QED) is 0.356. The van der Waals surface area contributed by atoms with Crippen molar-refractivity contribution in [2.75, 3.05) is 6.54 Å². The average molecular weight is 500 g/mol. The first-order chi connectivity index (χ1) is 17.9. The van der Waals surface area contributed by atoms with Crippen LogP contribution in [0.15, 0.2) is 54.6 Å². The van der Waals surface area contributed by atoms with Gasteiger partial charge in [-0.05, 0) is 127 Å². The predicted octanol–water partition coefficient (Wildman–Crippen LogP) is 8.60. The van der Waals surface area contributed by atoms with Crippen molar-refractivity contribution in [3.05, 3.63) is 76.9 Å². The summed E-state index contributed by atoms with van der Waals surface area (Å²) in [4.78, 5) is 0. The van der Waals surface area contributed by atoms with Gasteiger partial charge in [0.25, 0.3) is 0 Å². The van der Waals surface area contributed by atoms with Crippen LogP contribution in [0.1, 0.15) is 101 Å². The van der Waals surface area contributed by atoms with Crippen molar-refractivity contribution < 1.29 is 5.11 Å². The Balaban J connectivity index is 1.35. The molecule has 3 aliphatic rings. The van der Waals surface area contributed by atoms with E-state index < -0.39 is 0 Å². The third kappa shape index (κ3) is 6.33. The van der Waals surface area contributed by atoms with E-state index in [9.17, 15) is 5.11 Å². The SMILES string of the molecule is CCNCc1ccccc1Cc1cc(O)cc(CC2CC(C3(C)C=CCC(C)C3)CC3(CCCC3)C2)c1. The van der Waals surface area contributed by atoms with Gasteiger partial charge in [0.1, 0.15) is 5.75 Å². The van der Waals surface area contributed by atoms with Crippen LogP contribution >= 0.6 is 0 Å². The molecular weight excluding hydrogens is 450 g/mol. The lowest BCUT2D eigenvalue weighted by Crippen LogP contribution is -2.40. The molecule has 2 saturated carbocycles. The van der Waals surface area contributed by atoms with Gasteiger partial charge in [-0.25, -0.2) is 0 Å². The second-order valence-corrected chi connectivity index (χ2v) is 13.3. The fourth-order valence-corrected chi connectivity index (χ4v) is 8.43. The van der Waals surface area contributed by atoms with E-state index in [-0.39, 0.29) is 0 Å². The van der Waals surface area contributed by atoms with Crippen molar-refractivity contribution in [3.8, 4) is 5.75 Å². The van der Waals surface area contributed by atoms with Gasteiger partial charge in [-0.15, -0.1) is 0 Å². The Morgan fingerprint density at radius 1 is 0.973 bits per heavy atom. The fraction of sp³-hybridized carbons (Fsp3) is 0.600. The van der Waals surface area contributed by atoms with Crippen LogP contribution in [0.25, 0.3) is 0 Å². The van der Waals surface area contributed by atoms with Gasteiger partial charge in [-0.2, -0.15) is 0 Å². The minimum Gasteiger partial charge on any atom is -0.508 e. The summed E-state index contributed by atoms with van der Waals surface area (Å²) in [5.74, 6) is 2.74. The molecule has 2 fully saturated rings. The summed E-state index contributed by atoms with van der Waals surface area (Å²) in [6, 6.07) is 15.1. The van der Waals surface area contributed by atoms with Gasteiger partial charge in [-0.1, -0.05) is 76.1 Å². The van der Waals surface area contributed by atoms with E-state index in [1.165, 1.54) is 80.0 Å². The van der Waals surface area contributed by atoms with E-state index >= 15 is 0 Å². The van der Waals surface area contributed by atoms with Gasteiger partial charge in [-0.3, -0.25) is 0 Å². The Bertz CT molecular complexity index is 1080. The minimum absolute atomic E-state index is 0.353. The lowest BCUT2D eigenvalue weighted by molar-refractivity contribution is 0.0309. The third-order valence-corrected chi connectivity index (χ3v) is 10.1. The van der Waals surface area contributed by atoms with Gasteiger partial charge >= 0.3 is 0 Å². The normalized spacial score (nSPS) is 29.1. The van der Waals surface area contributed by atoms with Gasteiger partial charge in [0.2, 0.25) is 0 Å². The number of benzene rings is 2. The molecule has 3 aliphatic carbocycles. The highest BCUT2D eigenvalue weighted by Crippen LogP contribution is 2.58. The van der Waals surface area contributed by atoms with Crippen LogP contribution in [0.5, 0.6) is 5.75 Å². The van der Waals surface area contributed by atoms with Crippen LogP contribution in [0, 0.1) is 28.6 Å². The molecule has 0 radical (unpaired) electrons.